The van der Waals surface area contributed by atoms with Crippen LogP contribution in [0, 0.1) is 28.7 Å². The smallest absolute Gasteiger partial charge is 0.190 e. The van der Waals surface area contributed by atoms with Gasteiger partial charge in [0.05, 0.1) is 24.9 Å². The number of methoxy groups -OCH3 is 1. The van der Waals surface area contributed by atoms with Gasteiger partial charge >= 0.3 is 0 Å². The van der Waals surface area contributed by atoms with Crippen LogP contribution in [0.25, 0.3) is 10.9 Å². The van der Waals surface area contributed by atoms with E-state index in [1.54, 1.807) is 18.2 Å². The Balaban J connectivity index is 1.33. The van der Waals surface area contributed by atoms with E-state index in [1.807, 2.05) is 4.90 Å². The normalized spacial score (nSPS) is 16.6. The van der Waals surface area contributed by atoms with Gasteiger partial charge in [-0.1, -0.05) is 0 Å². The fourth-order valence-corrected chi connectivity index (χ4v) is 4.90. The number of ether oxygens (including phenoxy) is 2. The third-order valence-electron chi connectivity index (χ3n) is 7.22. The molecule has 0 spiro atoms. The zero-order chi connectivity index (χ0) is 26.6. The van der Waals surface area contributed by atoms with Crippen molar-refractivity contribution in [2.24, 2.45) is 5.41 Å². The molecule has 1 atom stereocenters. The lowest BCUT2D eigenvalue weighted by molar-refractivity contribution is 0.0199. The number of rotatable bonds is 10. The molecular weight excluding hydrogens is 492 g/mol. The van der Waals surface area contributed by atoms with Crippen molar-refractivity contribution in [3.05, 3.63) is 65.4 Å². The van der Waals surface area contributed by atoms with Gasteiger partial charge in [-0.2, -0.15) is 0 Å². The fraction of sp³-hybridized carbons (Fsp3) is 0.444. The number of aliphatic hydroxyl groups excluding tert-OH is 2. The number of piperidine rings is 1. The van der Waals surface area contributed by atoms with Crippen LogP contribution in [0.4, 0.5) is 17.6 Å². The molecule has 3 aromatic rings. The molecular formula is C27H30F4N2O4. The minimum atomic E-state index is -1.09. The summed E-state index contributed by atoms with van der Waals surface area (Å²) in [5.74, 6) is -3.87. The van der Waals surface area contributed by atoms with Gasteiger partial charge < -0.3 is 19.7 Å². The van der Waals surface area contributed by atoms with Crippen molar-refractivity contribution < 1.29 is 37.2 Å². The van der Waals surface area contributed by atoms with Crippen molar-refractivity contribution >= 4 is 10.9 Å². The maximum absolute atomic E-state index is 14.7. The van der Waals surface area contributed by atoms with Crippen LogP contribution in [-0.2, 0) is 0 Å². The monoisotopic (exact) mass is 522 g/mol. The summed E-state index contributed by atoms with van der Waals surface area (Å²) in [5, 5.41) is 21.6. The number of pyridine rings is 1. The highest BCUT2D eigenvalue weighted by molar-refractivity contribution is 5.84. The topological polar surface area (TPSA) is 75.0 Å². The number of fused-ring (bicyclic) bond motifs is 1. The average molecular weight is 523 g/mol. The minimum Gasteiger partial charge on any atom is -0.497 e. The van der Waals surface area contributed by atoms with Gasteiger partial charge in [-0.25, -0.2) is 17.6 Å². The number of hydrogen-bond donors (Lipinski definition) is 2. The van der Waals surface area contributed by atoms with E-state index in [1.165, 1.54) is 7.11 Å². The second kappa shape index (κ2) is 11.6. The first-order valence-electron chi connectivity index (χ1n) is 12.2. The van der Waals surface area contributed by atoms with Gasteiger partial charge in [0, 0.05) is 36.2 Å². The lowest BCUT2D eigenvalue weighted by Crippen LogP contribution is -2.43. The second-order valence-electron chi connectivity index (χ2n) is 9.50. The molecule has 37 heavy (non-hydrogen) atoms. The van der Waals surface area contributed by atoms with Crippen LogP contribution in [0.2, 0.25) is 0 Å². The molecule has 200 valence electrons. The molecule has 0 saturated carbocycles. The first-order chi connectivity index (χ1) is 17.7. The van der Waals surface area contributed by atoms with Crippen LogP contribution < -0.4 is 9.47 Å². The number of aromatic nitrogens is 1. The molecule has 4 rings (SSSR count). The zero-order valence-corrected chi connectivity index (χ0v) is 20.5. The Labute approximate surface area is 212 Å². The highest BCUT2D eigenvalue weighted by atomic mass is 19.1. The van der Waals surface area contributed by atoms with E-state index in [2.05, 4.69) is 4.98 Å². The molecule has 0 bridgehead atoms. The number of nitrogens with zero attached hydrogens (tertiary/aromatic N) is 2. The van der Waals surface area contributed by atoms with Crippen LogP contribution >= 0.6 is 0 Å². The highest BCUT2D eigenvalue weighted by Gasteiger charge is 2.35. The van der Waals surface area contributed by atoms with Crippen molar-refractivity contribution in [1.82, 2.24) is 9.88 Å². The Morgan fingerprint density at radius 3 is 2.41 bits per heavy atom. The van der Waals surface area contributed by atoms with Gasteiger partial charge in [0.25, 0.3) is 0 Å². The van der Waals surface area contributed by atoms with Crippen LogP contribution in [0.1, 0.15) is 37.4 Å². The summed E-state index contributed by atoms with van der Waals surface area (Å²) >= 11 is 0. The Morgan fingerprint density at radius 1 is 1.05 bits per heavy atom. The molecule has 0 amide bonds. The second-order valence-corrected chi connectivity index (χ2v) is 9.50. The predicted octanol–water partition coefficient (Wildman–Crippen LogP) is 4.77. The third-order valence-corrected chi connectivity index (χ3v) is 7.22. The maximum Gasteiger partial charge on any atom is 0.190 e. The van der Waals surface area contributed by atoms with Gasteiger partial charge in [-0.15, -0.1) is 0 Å². The maximum atomic E-state index is 14.7. The number of halogens is 4. The number of aliphatic hydroxyl groups is 2. The lowest BCUT2D eigenvalue weighted by Gasteiger charge is -2.41. The number of likely N-dealkylation sites (tertiary alicyclic amines) is 1. The quantitative estimate of drug-likeness (QED) is 0.374. The Morgan fingerprint density at radius 2 is 1.76 bits per heavy atom. The summed E-state index contributed by atoms with van der Waals surface area (Å²) in [4.78, 5) is 6.14. The Bertz CT molecular complexity index is 1210. The summed E-state index contributed by atoms with van der Waals surface area (Å²) < 4.78 is 65.7. The molecule has 2 N–H and O–H groups in total. The van der Waals surface area contributed by atoms with E-state index in [0.29, 0.717) is 67.7 Å². The minimum absolute atomic E-state index is 0.0160. The standard InChI is InChI=1S/C27H30F4N2O4/c1-36-18-2-3-23-19(14-18)25(22(31)15-32-23)24(35)4-5-27(16-34)6-8-33(9-7-27)10-11-37-26-20(29)12-17(28)13-21(26)30/h2-3,12-15,24,34-35H,4-11,16H2,1H3. The molecule has 2 heterocycles. The molecule has 1 saturated heterocycles. The zero-order valence-electron chi connectivity index (χ0n) is 20.5. The SMILES string of the molecule is COc1ccc2ncc(F)c(C(O)CCC3(CO)CCN(CCOc4c(F)cc(F)cc4F)CC3)c2c1. The summed E-state index contributed by atoms with van der Waals surface area (Å²) in [6.07, 6.45) is 1.99. The van der Waals surface area contributed by atoms with Gasteiger partial charge in [-0.05, 0) is 62.4 Å². The molecule has 1 fully saturated rings. The third kappa shape index (κ3) is 6.14. The Hall–Kier alpha value is -2.95. The van der Waals surface area contributed by atoms with E-state index in [0.717, 1.165) is 6.20 Å². The highest BCUT2D eigenvalue weighted by Crippen LogP contribution is 2.39. The van der Waals surface area contributed by atoms with Crippen molar-refractivity contribution in [2.75, 3.05) is 40.0 Å². The summed E-state index contributed by atoms with van der Waals surface area (Å²) in [7, 11) is 1.51. The molecule has 1 unspecified atom stereocenters. The van der Waals surface area contributed by atoms with Crippen LogP contribution in [0.3, 0.4) is 0 Å². The van der Waals surface area contributed by atoms with Gasteiger partial charge in [0.15, 0.2) is 17.4 Å². The lowest BCUT2D eigenvalue weighted by atomic mass is 9.74. The van der Waals surface area contributed by atoms with Gasteiger partial charge in [-0.3, -0.25) is 9.88 Å². The molecule has 2 aromatic carbocycles. The number of benzene rings is 2. The van der Waals surface area contributed by atoms with E-state index >= 15 is 0 Å². The van der Waals surface area contributed by atoms with E-state index in [4.69, 9.17) is 9.47 Å². The molecule has 0 radical (unpaired) electrons. The van der Waals surface area contributed by atoms with Crippen molar-refractivity contribution in [3.63, 3.8) is 0 Å². The van der Waals surface area contributed by atoms with Crippen LogP contribution in [0.15, 0.2) is 36.5 Å². The molecule has 0 aliphatic carbocycles. The largest absolute Gasteiger partial charge is 0.497 e. The van der Waals surface area contributed by atoms with E-state index in [-0.39, 0.29) is 25.2 Å². The van der Waals surface area contributed by atoms with Crippen LogP contribution in [-0.4, -0.2) is 60.1 Å². The first-order valence-corrected chi connectivity index (χ1v) is 12.2. The average Bonchev–Trinajstić information content (AvgIpc) is 2.89. The molecule has 10 heteroatoms. The molecule has 1 aliphatic heterocycles. The molecule has 1 aliphatic rings. The Kier molecular flexibility index (Phi) is 8.51. The number of hydrogen-bond acceptors (Lipinski definition) is 6. The first kappa shape index (κ1) is 27.1. The molecule has 6 nitrogen and oxygen atoms in total. The summed E-state index contributed by atoms with van der Waals surface area (Å²) in [6, 6.07) is 6.21. The summed E-state index contributed by atoms with van der Waals surface area (Å²) in [6.45, 7) is 1.55. The van der Waals surface area contributed by atoms with Crippen molar-refractivity contribution in [3.8, 4) is 11.5 Å². The van der Waals surface area contributed by atoms with Crippen molar-refractivity contribution in [1.29, 1.82) is 0 Å². The predicted molar refractivity (Wildman–Crippen MR) is 129 cm³/mol. The summed E-state index contributed by atoms with van der Waals surface area (Å²) in [5.41, 5.74) is 0.265. The van der Waals surface area contributed by atoms with Gasteiger partial charge in [0.2, 0.25) is 0 Å². The van der Waals surface area contributed by atoms with E-state index in [9.17, 15) is 27.8 Å². The van der Waals surface area contributed by atoms with Crippen LogP contribution in [0.5, 0.6) is 11.5 Å². The van der Waals surface area contributed by atoms with E-state index < -0.39 is 40.5 Å². The fourth-order valence-electron chi connectivity index (χ4n) is 4.90. The molecule has 1 aromatic heterocycles. The van der Waals surface area contributed by atoms with Crippen molar-refractivity contribution in [2.45, 2.75) is 31.8 Å². The van der Waals surface area contributed by atoms with Gasteiger partial charge in [0.1, 0.15) is 24.0 Å².